The van der Waals surface area contributed by atoms with Crippen LogP contribution in [0.1, 0.15) is 6.92 Å². The Morgan fingerprint density at radius 2 is 1.77 bits per heavy atom. The van der Waals surface area contributed by atoms with Crippen LogP contribution in [0.5, 0.6) is 0 Å². The quantitative estimate of drug-likeness (QED) is 0.636. The second-order valence-corrected chi connectivity index (χ2v) is 6.02. The molecule has 0 heterocycles. The Morgan fingerprint density at radius 1 is 1.23 bits per heavy atom. The third-order valence-corrected chi connectivity index (χ3v) is 6.87. The Bertz CT molecular complexity index is 329. The SMILES string of the molecule is CC12[C@@H]3[C@H]4C5[C@@H]([C@H]1C53CO)C42N.Cl. The molecule has 2 nitrogen and oxygen atoms in total. The van der Waals surface area contributed by atoms with Crippen LogP contribution in [0.4, 0.5) is 0 Å². The first-order valence-corrected chi connectivity index (χ1v) is 5.06. The molecule has 8 atom stereocenters. The minimum Gasteiger partial charge on any atom is -0.396 e. The Kier molecular flexibility index (Phi) is 0.756. The Hall–Kier alpha value is 0.210. The maximum Gasteiger partial charge on any atom is 0.0496 e. The summed E-state index contributed by atoms with van der Waals surface area (Å²) in [4.78, 5) is 0. The molecule has 4 unspecified atom stereocenters. The van der Waals surface area contributed by atoms with Crippen LogP contribution < -0.4 is 5.73 Å². The molecule has 3 heteroatoms. The lowest BCUT2D eigenvalue weighted by Gasteiger charge is -3.14. The van der Waals surface area contributed by atoms with Gasteiger partial charge in [-0.3, -0.25) is 0 Å². The van der Waals surface area contributed by atoms with Crippen molar-refractivity contribution < 1.29 is 5.11 Å². The van der Waals surface area contributed by atoms with Crippen molar-refractivity contribution in [3.8, 4) is 0 Å². The number of aliphatic hydroxyl groups is 1. The second-order valence-electron chi connectivity index (χ2n) is 6.02. The number of hydrogen-bond donors (Lipinski definition) is 2. The molecule has 0 aliphatic heterocycles. The molecule has 6 aliphatic rings. The van der Waals surface area contributed by atoms with E-state index in [1.54, 1.807) is 0 Å². The molecular weight excluding hydrogens is 186 g/mol. The summed E-state index contributed by atoms with van der Waals surface area (Å²) in [5, 5.41) is 9.37. The zero-order chi connectivity index (χ0) is 8.09. The number of hydrogen-bond acceptors (Lipinski definition) is 2. The van der Waals surface area contributed by atoms with Crippen LogP contribution in [-0.4, -0.2) is 17.3 Å². The van der Waals surface area contributed by atoms with Gasteiger partial charge < -0.3 is 10.8 Å². The van der Waals surface area contributed by atoms with Gasteiger partial charge in [-0.05, 0) is 35.0 Å². The average molecular weight is 200 g/mol. The second kappa shape index (κ2) is 1.31. The maximum absolute atomic E-state index is 9.37. The summed E-state index contributed by atoms with van der Waals surface area (Å²) in [6, 6.07) is 0. The van der Waals surface area contributed by atoms with E-state index in [1.807, 2.05) is 0 Å². The van der Waals surface area contributed by atoms with E-state index < -0.39 is 0 Å². The number of halogens is 1. The van der Waals surface area contributed by atoms with Gasteiger partial charge in [0.15, 0.2) is 0 Å². The van der Waals surface area contributed by atoms with E-state index in [0.29, 0.717) is 17.4 Å². The van der Waals surface area contributed by atoms with Gasteiger partial charge in [-0.1, -0.05) is 6.92 Å². The maximum atomic E-state index is 9.37. The predicted octanol–water partition coefficient (Wildman–Crippen LogP) is 0.240. The van der Waals surface area contributed by atoms with Crippen LogP contribution in [0.2, 0.25) is 0 Å². The van der Waals surface area contributed by atoms with Gasteiger partial charge in [-0.25, -0.2) is 0 Å². The third-order valence-electron chi connectivity index (χ3n) is 6.87. The highest BCUT2D eigenvalue weighted by molar-refractivity contribution is 5.85. The molecular formula is C10H14ClNO. The minimum absolute atomic E-state index is 0. The molecule has 0 aromatic heterocycles. The van der Waals surface area contributed by atoms with Crippen molar-refractivity contribution in [1.29, 1.82) is 0 Å². The molecule has 6 fully saturated rings. The van der Waals surface area contributed by atoms with Crippen LogP contribution in [0.25, 0.3) is 0 Å². The van der Waals surface area contributed by atoms with Crippen molar-refractivity contribution in [2.75, 3.05) is 6.61 Å². The molecule has 3 N–H and O–H groups in total. The number of aliphatic hydroxyl groups excluding tert-OH is 1. The molecule has 0 radical (unpaired) electrons. The summed E-state index contributed by atoms with van der Waals surface area (Å²) in [5.41, 5.74) is 7.52. The fourth-order valence-corrected chi connectivity index (χ4v) is 6.92. The van der Waals surface area contributed by atoms with E-state index in [0.717, 1.165) is 29.6 Å². The van der Waals surface area contributed by atoms with Crippen LogP contribution in [0.15, 0.2) is 0 Å². The molecule has 0 bridgehead atoms. The molecule has 6 saturated carbocycles. The van der Waals surface area contributed by atoms with Crippen molar-refractivity contribution >= 4 is 12.4 Å². The topological polar surface area (TPSA) is 46.2 Å². The minimum atomic E-state index is 0. The summed E-state index contributed by atoms with van der Waals surface area (Å²) in [5.74, 6) is 4.21. The number of rotatable bonds is 1. The van der Waals surface area contributed by atoms with Crippen molar-refractivity contribution in [1.82, 2.24) is 0 Å². The van der Waals surface area contributed by atoms with Gasteiger partial charge in [0.2, 0.25) is 0 Å². The van der Waals surface area contributed by atoms with Crippen LogP contribution in [0, 0.1) is 40.4 Å². The summed E-state index contributed by atoms with van der Waals surface area (Å²) in [6.45, 7) is 2.81. The molecule has 72 valence electrons. The largest absolute Gasteiger partial charge is 0.396 e. The average Bonchev–Trinajstić information content (AvgIpc) is 2.07. The van der Waals surface area contributed by atoms with Gasteiger partial charge in [-0.15, -0.1) is 12.4 Å². The zero-order valence-corrected chi connectivity index (χ0v) is 8.34. The Balaban J connectivity index is 0.000000512. The van der Waals surface area contributed by atoms with Crippen LogP contribution in [-0.2, 0) is 0 Å². The molecule has 0 spiro atoms. The van der Waals surface area contributed by atoms with E-state index in [9.17, 15) is 5.11 Å². The van der Waals surface area contributed by atoms with Gasteiger partial charge in [0, 0.05) is 17.6 Å². The molecule has 6 aliphatic carbocycles. The van der Waals surface area contributed by atoms with Crippen molar-refractivity contribution in [3.05, 3.63) is 0 Å². The first-order chi connectivity index (χ1) is 5.66. The molecule has 0 aromatic rings. The van der Waals surface area contributed by atoms with Gasteiger partial charge >= 0.3 is 0 Å². The van der Waals surface area contributed by atoms with Gasteiger partial charge in [-0.2, -0.15) is 0 Å². The van der Waals surface area contributed by atoms with Gasteiger partial charge in [0.25, 0.3) is 0 Å². The van der Waals surface area contributed by atoms with E-state index in [2.05, 4.69) is 6.92 Å². The van der Waals surface area contributed by atoms with Crippen molar-refractivity contribution in [3.63, 3.8) is 0 Å². The molecule has 0 aromatic carbocycles. The molecule has 13 heavy (non-hydrogen) atoms. The Labute approximate surface area is 83.3 Å². The lowest BCUT2D eigenvalue weighted by Crippen LogP contribution is -3.18. The van der Waals surface area contributed by atoms with E-state index in [-0.39, 0.29) is 17.9 Å². The van der Waals surface area contributed by atoms with E-state index in [1.165, 1.54) is 0 Å². The first-order valence-electron chi connectivity index (χ1n) is 5.06. The molecule has 0 amide bonds. The first kappa shape index (κ1) is 7.49. The lowest BCUT2D eigenvalue weighted by atomic mass is 8.90. The molecule has 0 saturated heterocycles. The highest BCUT2D eigenvalue weighted by Crippen LogP contribution is 3.10. The fraction of sp³-hybridized carbons (Fsp3) is 1.00. The zero-order valence-electron chi connectivity index (χ0n) is 7.53. The number of nitrogens with two attached hydrogens (primary N) is 1. The van der Waals surface area contributed by atoms with Crippen LogP contribution in [0.3, 0.4) is 0 Å². The monoisotopic (exact) mass is 199 g/mol. The smallest absolute Gasteiger partial charge is 0.0496 e. The van der Waals surface area contributed by atoms with E-state index >= 15 is 0 Å². The third kappa shape index (κ3) is 0.258. The standard InChI is InChI=1S/C10H13NO.ClH/c1-8-6-4-3-5(10(4,8)11)7(8)9(3,6)2-12;/h3-7,12H,2,11H2,1H3;1H/t3?,4-,5+,6+,7-,8?,9?,10?;. The highest BCUT2D eigenvalue weighted by atomic mass is 35.5. The van der Waals surface area contributed by atoms with Crippen molar-refractivity contribution in [2.24, 2.45) is 46.2 Å². The summed E-state index contributed by atoms with van der Waals surface area (Å²) in [7, 11) is 0. The van der Waals surface area contributed by atoms with Crippen LogP contribution >= 0.6 is 12.4 Å². The lowest BCUT2D eigenvalue weighted by molar-refractivity contribution is -0.662. The van der Waals surface area contributed by atoms with Gasteiger partial charge in [0.1, 0.15) is 0 Å². The normalized spacial score (nSPS) is 87.5. The van der Waals surface area contributed by atoms with E-state index in [4.69, 9.17) is 5.73 Å². The van der Waals surface area contributed by atoms with Gasteiger partial charge in [0.05, 0.1) is 0 Å². The van der Waals surface area contributed by atoms with Crippen molar-refractivity contribution in [2.45, 2.75) is 12.5 Å². The molecule has 6 rings (SSSR count). The summed E-state index contributed by atoms with van der Waals surface area (Å²) in [6.07, 6.45) is 0. The Morgan fingerprint density at radius 3 is 2.15 bits per heavy atom. The summed E-state index contributed by atoms with van der Waals surface area (Å²) >= 11 is 0. The predicted molar refractivity (Wildman–Crippen MR) is 49.2 cm³/mol. The fourth-order valence-electron chi connectivity index (χ4n) is 6.92. The highest BCUT2D eigenvalue weighted by Gasteiger charge is 3.13. The summed E-state index contributed by atoms with van der Waals surface area (Å²) < 4.78 is 0.